The maximum Gasteiger partial charge on any atom is 0.240 e. The largest absolute Gasteiger partial charge is 0.326 e. The average molecular weight is 354 g/mol. The number of nitrogens with zero attached hydrogens (tertiary/aromatic N) is 1. The van der Waals surface area contributed by atoms with Gasteiger partial charge in [-0.2, -0.15) is 0 Å². The highest BCUT2D eigenvalue weighted by Gasteiger charge is 2.31. The van der Waals surface area contributed by atoms with Crippen molar-refractivity contribution in [1.29, 1.82) is 0 Å². The van der Waals surface area contributed by atoms with Gasteiger partial charge >= 0.3 is 0 Å². The molecular weight excluding hydrogens is 334 g/mol. The molecule has 1 heterocycles. The second-order valence-corrected chi connectivity index (χ2v) is 6.95. The van der Waals surface area contributed by atoms with E-state index < -0.39 is 5.25 Å². The van der Waals surface area contributed by atoms with Crippen LogP contribution >= 0.6 is 23.4 Å². The third kappa shape index (κ3) is 5.25. The van der Waals surface area contributed by atoms with Crippen LogP contribution in [0.1, 0.15) is 31.7 Å². The first-order chi connectivity index (χ1) is 11.0. The van der Waals surface area contributed by atoms with Gasteiger partial charge in [-0.25, -0.2) is 0 Å². The summed E-state index contributed by atoms with van der Waals surface area (Å²) >= 11 is 7.35. The zero-order valence-electron chi connectivity index (χ0n) is 13.2. The van der Waals surface area contributed by atoms with Gasteiger partial charge in [-0.3, -0.25) is 14.6 Å². The van der Waals surface area contributed by atoms with E-state index in [0.29, 0.717) is 22.4 Å². The summed E-state index contributed by atoms with van der Waals surface area (Å²) < 4.78 is 0. The molecule has 1 aliphatic rings. The van der Waals surface area contributed by atoms with Crippen molar-refractivity contribution in [3.63, 3.8) is 0 Å². The highest BCUT2D eigenvalue weighted by atomic mass is 35.5. The highest BCUT2D eigenvalue weighted by Crippen LogP contribution is 2.24. The summed E-state index contributed by atoms with van der Waals surface area (Å²) in [5.74, 6) is -0.380. The Hall–Kier alpha value is -1.53. The predicted molar refractivity (Wildman–Crippen MR) is 96.2 cm³/mol. The van der Waals surface area contributed by atoms with Gasteiger partial charge in [0.05, 0.1) is 0 Å². The van der Waals surface area contributed by atoms with E-state index in [9.17, 15) is 9.59 Å². The average Bonchev–Trinajstić information content (AvgIpc) is 2.83. The fourth-order valence-electron chi connectivity index (χ4n) is 2.00. The van der Waals surface area contributed by atoms with E-state index in [1.54, 1.807) is 12.1 Å². The summed E-state index contributed by atoms with van der Waals surface area (Å²) in [5, 5.41) is 6.26. The summed E-state index contributed by atoms with van der Waals surface area (Å²) in [4.78, 5) is 28.3. The molecule has 1 aromatic rings. The quantitative estimate of drug-likeness (QED) is 0.770. The van der Waals surface area contributed by atoms with Crippen molar-refractivity contribution in [3.8, 4) is 0 Å². The zero-order valence-corrected chi connectivity index (χ0v) is 14.8. The highest BCUT2D eigenvalue weighted by molar-refractivity contribution is 8.15. The van der Waals surface area contributed by atoms with Crippen LogP contribution in [-0.4, -0.2) is 28.8 Å². The van der Waals surface area contributed by atoms with Gasteiger partial charge in [0.2, 0.25) is 11.8 Å². The van der Waals surface area contributed by atoms with Crippen LogP contribution < -0.4 is 10.6 Å². The summed E-state index contributed by atoms with van der Waals surface area (Å²) in [7, 11) is 0. The summed E-state index contributed by atoms with van der Waals surface area (Å²) in [6, 6.07) is 5.33. The minimum absolute atomic E-state index is 0.106. The molecule has 2 rings (SSSR count). The first-order valence-electron chi connectivity index (χ1n) is 7.57. The van der Waals surface area contributed by atoms with Crippen LogP contribution in [0.25, 0.3) is 0 Å². The van der Waals surface area contributed by atoms with E-state index in [4.69, 9.17) is 11.6 Å². The van der Waals surface area contributed by atoms with Crippen LogP contribution in [-0.2, 0) is 9.59 Å². The Bertz CT molecular complexity index is 634. The van der Waals surface area contributed by atoms with Gasteiger partial charge in [-0.15, -0.1) is 0 Å². The van der Waals surface area contributed by atoms with Crippen molar-refractivity contribution in [2.24, 2.45) is 4.99 Å². The monoisotopic (exact) mass is 353 g/mol. The van der Waals surface area contributed by atoms with Gasteiger partial charge in [0, 0.05) is 23.7 Å². The third-order valence-corrected chi connectivity index (χ3v) is 4.90. The van der Waals surface area contributed by atoms with Crippen LogP contribution in [0.15, 0.2) is 23.2 Å². The van der Waals surface area contributed by atoms with Crippen molar-refractivity contribution in [3.05, 3.63) is 28.8 Å². The number of rotatable bonds is 6. The number of hydrogen-bond donors (Lipinski definition) is 2. The fourth-order valence-corrected chi connectivity index (χ4v) is 3.18. The van der Waals surface area contributed by atoms with Gasteiger partial charge < -0.3 is 10.6 Å². The number of hydrogen-bond acceptors (Lipinski definition) is 4. The molecule has 1 unspecified atom stereocenters. The van der Waals surface area contributed by atoms with Crippen LogP contribution in [0.5, 0.6) is 0 Å². The molecule has 0 radical (unpaired) electrons. The van der Waals surface area contributed by atoms with Crippen molar-refractivity contribution in [2.45, 2.75) is 38.4 Å². The Balaban J connectivity index is 1.88. The first kappa shape index (κ1) is 17.8. The molecule has 2 amide bonds. The number of benzene rings is 1. The number of carbonyl (C=O) groups excluding carboxylic acids is 2. The lowest BCUT2D eigenvalue weighted by Crippen LogP contribution is -2.28. The second kappa shape index (κ2) is 8.36. The number of aryl methyl sites for hydroxylation is 1. The van der Waals surface area contributed by atoms with Gasteiger partial charge in [0.15, 0.2) is 5.17 Å². The Morgan fingerprint density at radius 2 is 2.26 bits per heavy atom. The SMILES string of the molecule is CCCCN=C1NC(=O)C(CC(=O)Nc2ccc(C)c(Cl)c2)S1. The number of amidine groups is 1. The van der Waals surface area contributed by atoms with Crippen LogP contribution in [0.4, 0.5) is 5.69 Å². The smallest absolute Gasteiger partial charge is 0.240 e. The Labute approximate surface area is 145 Å². The van der Waals surface area contributed by atoms with E-state index in [2.05, 4.69) is 22.5 Å². The van der Waals surface area contributed by atoms with Crippen molar-refractivity contribution < 1.29 is 9.59 Å². The van der Waals surface area contributed by atoms with Crippen LogP contribution in [0.3, 0.4) is 0 Å². The van der Waals surface area contributed by atoms with Crippen molar-refractivity contribution >= 4 is 46.0 Å². The maximum atomic E-state index is 12.1. The minimum atomic E-state index is -0.434. The van der Waals surface area contributed by atoms with Gasteiger partial charge in [-0.05, 0) is 31.0 Å². The molecule has 7 heteroatoms. The van der Waals surface area contributed by atoms with E-state index in [1.807, 2.05) is 13.0 Å². The Morgan fingerprint density at radius 3 is 2.96 bits per heavy atom. The molecule has 0 bridgehead atoms. The maximum absolute atomic E-state index is 12.1. The van der Waals surface area contributed by atoms with E-state index >= 15 is 0 Å². The molecule has 1 fully saturated rings. The minimum Gasteiger partial charge on any atom is -0.326 e. The van der Waals surface area contributed by atoms with Crippen molar-refractivity contribution in [2.75, 3.05) is 11.9 Å². The lowest BCUT2D eigenvalue weighted by molar-refractivity contribution is -0.122. The zero-order chi connectivity index (χ0) is 16.8. The molecule has 1 atom stereocenters. The number of thioether (sulfide) groups is 1. The van der Waals surface area contributed by atoms with Gasteiger partial charge in [0.25, 0.3) is 0 Å². The predicted octanol–water partition coefficient (Wildman–Crippen LogP) is 3.36. The molecule has 0 saturated carbocycles. The molecule has 23 heavy (non-hydrogen) atoms. The van der Waals surface area contributed by atoms with E-state index in [-0.39, 0.29) is 18.2 Å². The number of nitrogens with one attached hydrogen (secondary N) is 2. The van der Waals surface area contributed by atoms with E-state index in [1.165, 1.54) is 11.8 Å². The van der Waals surface area contributed by atoms with Gasteiger partial charge in [0.1, 0.15) is 5.25 Å². The summed E-state index contributed by atoms with van der Waals surface area (Å²) in [6.07, 6.45) is 2.15. The molecule has 0 aliphatic carbocycles. The second-order valence-electron chi connectivity index (χ2n) is 5.35. The molecule has 0 spiro atoms. The lowest BCUT2D eigenvalue weighted by Gasteiger charge is -2.08. The number of anilines is 1. The van der Waals surface area contributed by atoms with E-state index in [0.717, 1.165) is 18.4 Å². The topological polar surface area (TPSA) is 70.6 Å². The fraction of sp³-hybridized carbons (Fsp3) is 0.438. The normalized spacial score (nSPS) is 19.0. The molecule has 1 aliphatic heterocycles. The Kier molecular flexibility index (Phi) is 6.47. The van der Waals surface area contributed by atoms with Crippen LogP contribution in [0, 0.1) is 6.92 Å². The molecule has 124 valence electrons. The standard InChI is InChI=1S/C16H20ClN3O2S/c1-3-4-7-18-16-20-15(22)13(23-16)9-14(21)19-11-6-5-10(2)12(17)8-11/h5-6,8,13H,3-4,7,9H2,1-2H3,(H,19,21)(H,18,20,22). The molecule has 2 N–H and O–H groups in total. The number of halogens is 1. The number of carbonyl (C=O) groups is 2. The summed E-state index contributed by atoms with van der Waals surface area (Å²) in [5.41, 5.74) is 1.58. The number of unbranched alkanes of at least 4 members (excludes halogenated alkanes) is 1. The first-order valence-corrected chi connectivity index (χ1v) is 8.83. The molecule has 0 aromatic heterocycles. The van der Waals surface area contributed by atoms with Crippen LogP contribution in [0.2, 0.25) is 5.02 Å². The molecule has 5 nitrogen and oxygen atoms in total. The molecule has 1 aromatic carbocycles. The summed E-state index contributed by atoms with van der Waals surface area (Å²) in [6.45, 7) is 4.68. The van der Waals surface area contributed by atoms with Gasteiger partial charge in [-0.1, -0.05) is 42.8 Å². The van der Waals surface area contributed by atoms with Crippen molar-refractivity contribution in [1.82, 2.24) is 5.32 Å². The molecular formula is C16H20ClN3O2S. The lowest BCUT2D eigenvalue weighted by atomic mass is 10.2. The number of aliphatic imine (C=N–C) groups is 1. The Morgan fingerprint density at radius 1 is 1.48 bits per heavy atom. The number of amides is 2. The molecule has 1 saturated heterocycles. The third-order valence-electron chi connectivity index (χ3n) is 3.37.